The molecule has 0 bridgehead atoms. The van der Waals surface area contributed by atoms with Crippen LogP contribution in [-0.2, 0) is 0 Å². The van der Waals surface area contributed by atoms with Crippen LogP contribution in [0.3, 0.4) is 0 Å². The van der Waals surface area contributed by atoms with Gasteiger partial charge in [-0.15, -0.1) is 0 Å². The van der Waals surface area contributed by atoms with E-state index < -0.39 is 0 Å². The topological polar surface area (TPSA) is 8.17 Å². The van der Waals surface area contributed by atoms with Crippen LogP contribution in [0.15, 0.2) is 218 Å². The molecule has 10 rings (SSSR count). The molecule has 1 heterocycles. The molecule has 254 valence electrons. The average Bonchev–Trinajstić information content (AvgIpc) is 3.58. The lowest BCUT2D eigenvalue weighted by Gasteiger charge is -2.27. The van der Waals surface area contributed by atoms with Gasteiger partial charge in [0.15, 0.2) is 0 Å². The molecule has 2 heteroatoms. The highest BCUT2D eigenvalue weighted by Crippen LogP contribution is 2.43. The third kappa shape index (κ3) is 5.62. The second-order valence-corrected chi connectivity index (χ2v) is 13.8. The van der Waals surface area contributed by atoms with Crippen molar-refractivity contribution in [2.24, 2.45) is 0 Å². The molecule has 0 spiro atoms. The van der Waals surface area contributed by atoms with E-state index in [4.69, 9.17) is 0 Å². The van der Waals surface area contributed by atoms with Crippen molar-refractivity contribution in [3.8, 4) is 39.1 Å². The molecule has 10 aromatic rings. The van der Waals surface area contributed by atoms with Crippen LogP contribution >= 0.6 is 0 Å². The predicted octanol–water partition coefficient (Wildman–Crippen LogP) is 14.4. The number of fused-ring (bicyclic) bond motifs is 4. The minimum Gasteiger partial charge on any atom is -0.310 e. The molecule has 54 heavy (non-hydrogen) atoms. The Morgan fingerprint density at radius 1 is 0.296 bits per heavy atom. The van der Waals surface area contributed by atoms with E-state index in [-0.39, 0.29) is 0 Å². The van der Waals surface area contributed by atoms with Crippen LogP contribution in [0, 0.1) is 0 Å². The Hall–Kier alpha value is -7.16. The molecule has 0 fully saturated rings. The molecule has 0 atom stereocenters. The Bertz CT molecular complexity index is 2910. The summed E-state index contributed by atoms with van der Waals surface area (Å²) in [5.41, 5.74) is 13.9. The number of aromatic nitrogens is 1. The fourth-order valence-corrected chi connectivity index (χ4v) is 7.97. The highest BCUT2D eigenvalue weighted by molar-refractivity contribution is 6.10. The lowest BCUT2D eigenvalue weighted by Crippen LogP contribution is -2.10. The Morgan fingerprint density at radius 3 is 1.63 bits per heavy atom. The molecule has 0 amide bonds. The molecule has 0 N–H and O–H groups in total. The monoisotopic (exact) mass is 688 g/mol. The van der Waals surface area contributed by atoms with E-state index in [1.54, 1.807) is 0 Å². The minimum absolute atomic E-state index is 1.09. The molecule has 0 aliphatic rings. The number of rotatable bonds is 7. The van der Waals surface area contributed by atoms with E-state index in [2.05, 4.69) is 228 Å². The van der Waals surface area contributed by atoms with Crippen molar-refractivity contribution in [2.75, 3.05) is 4.90 Å². The van der Waals surface area contributed by atoms with Gasteiger partial charge in [-0.25, -0.2) is 0 Å². The van der Waals surface area contributed by atoms with E-state index in [1.165, 1.54) is 66.0 Å². The van der Waals surface area contributed by atoms with Crippen LogP contribution in [0.4, 0.5) is 17.1 Å². The molecule has 0 aliphatic heterocycles. The van der Waals surface area contributed by atoms with Crippen LogP contribution in [-0.4, -0.2) is 4.57 Å². The summed E-state index contributed by atoms with van der Waals surface area (Å²) in [7, 11) is 0. The molecule has 0 radical (unpaired) electrons. The maximum absolute atomic E-state index is 2.40. The number of hydrogen-bond acceptors (Lipinski definition) is 1. The van der Waals surface area contributed by atoms with Gasteiger partial charge >= 0.3 is 0 Å². The van der Waals surface area contributed by atoms with Gasteiger partial charge in [0, 0.05) is 33.5 Å². The summed E-state index contributed by atoms with van der Waals surface area (Å²) in [6.45, 7) is 0. The summed E-state index contributed by atoms with van der Waals surface area (Å²) in [4.78, 5) is 2.40. The van der Waals surface area contributed by atoms with Crippen LogP contribution in [0.2, 0.25) is 0 Å². The molecule has 0 saturated carbocycles. The summed E-state index contributed by atoms with van der Waals surface area (Å²) < 4.78 is 2.39. The van der Waals surface area contributed by atoms with Gasteiger partial charge in [0.1, 0.15) is 0 Å². The van der Waals surface area contributed by atoms with Crippen molar-refractivity contribution in [2.45, 2.75) is 0 Å². The SMILES string of the molecule is c1ccc(-c2ccc(N(c3ccc(-c4ccccc4)c(-c4ccc5ccccc5c4)c3)c3ccc4c5ccccc5n(-c5ccccc5)c4c3)cc2)cc1. The molecule has 9 aromatic carbocycles. The largest absolute Gasteiger partial charge is 0.310 e. The third-order valence-corrected chi connectivity index (χ3v) is 10.6. The van der Waals surface area contributed by atoms with Crippen molar-refractivity contribution in [3.05, 3.63) is 218 Å². The van der Waals surface area contributed by atoms with Crippen molar-refractivity contribution in [1.29, 1.82) is 0 Å². The molecule has 0 aliphatic carbocycles. The first-order valence-corrected chi connectivity index (χ1v) is 18.5. The van der Waals surface area contributed by atoms with E-state index in [0.717, 1.165) is 22.7 Å². The first-order chi connectivity index (χ1) is 26.8. The van der Waals surface area contributed by atoms with E-state index in [1.807, 2.05) is 0 Å². The first-order valence-electron chi connectivity index (χ1n) is 18.5. The predicted molar refractivity (Wildman–Crippen MR) is 229 cm³/mol. The average molecular weight is 689 g/mol. The van der Waals surface area contributed by atoms with Gasteiger partial charge in [-0.2, -0.15) is 0 Å². The maximum atomic E-state index is 2.40. The second-order valence-electron chi connectivity index (χ2n) is 13.8. The van der Waals surface area contributed by atoms with Gasteiger partial charge in [0.05, 0.1) is 11.0 Å². The molecule has 0 unspecified atom stereocenters. The van der Waals surface area contributed by atoms with Crippen LogP contribution in [0.5, 0.6) is 0 Å². The normalized spacial score (nSPS) is 11.3. The molecule has 0 saturated heterocycles. The van der Waals surface area contributed by atoms with Gasteiger partial charge in [-0.3, -0.25) is 0 Å². The maximum Gasteiger partial charge on any atom is 0.0561 e. The lowest BCUT2D eigenvalue weighted by molar-refractivity contribution is 1.18. The number of benzene rings is 9. The van der Waals surface area contributed by atoms with E-state index in [9.17, 15) is 0 Å². The van der Waals surface area contributed by atoms with Gasteiger partial charge < -0.3 is 9.47 Å². The minimum atomic E-state index is 1.09. The Balaban J connectivity index is 1.21. The van der Waals surface area contributed by atoms with Crippen molar-refractivity contribution >= 4 is 49.6 Å². The van der Waals surface area contributed by atoms with Crippen molar-refractivity contribution in [3.63, 3.8) is 0 Å². The summed E-state index contributed by atoms with van der Waals surface area (Å²) in [5.74, 6) is 0. The van der Waals surface area contributed by atoms with Crippen LogP contribution < -0.4 is 4.90 Å². The highest BCUT2D eigenvalue weighted by Gasteiger charge is 2.20. The fourth-order valence-electron chi connectivity index (χ4n) is 7.97. The number of para-hydroxylation sites is 2. The first kappa shape index (κ1) is 31.6. The summed E-state index contributed by atoms with van der Waals surface area (Å²) >= 11 is 0. The van der Waals surface area contributed by atoms with Gasteiger partial charge in [-0.05, 0) is 105 Å². The third-order valence-electron chi connectivity index (χ3n) is 10.6. The Morgan fingerprint density at radius 2 is 0.852 bits per heavy atom. The van der Waals surface area contributed by atoms with Gasteiger partial charge in [0.25, 0.3) is 0 Å². The van der Waals surface area contributed by atoms with E-state index >= 15 is 0 Å². The standard InChI is InChI=1S/C52H36N2/c1-4-14-37(15-5-1)39-26-28-44(29-27-39)53(46-31-33-49-48-22-12-13-23-51(48)54(52(49)36-46)43-20-8-3-9-21-43)45-30-32-47(40-17-6-2-7-18-40)50(35-45)42-25-24-38-16-10-11-19-41(38)34-42/h1-36H. The van der Waals surface area contributed by atoms with Crippen molar-refractivity contribution < 1.29 is 0 Å². The lowest BCUT2D eigenvalue weighted by atomic mass is 9.92. The number of nitrogens with zero attached hydrogens (tertiary/aromatic N) is 2. The van der Waals surface area contributed by atoms with Gasteiger partial charge in [0.2, 0.25) is 0 Å². The summed E-state index contributed by atoms with van der Waals surface area (Å²) in [5, 5.41) is 4.94. The van der Waals surface area contributed by atoms with E-state index in [0.29, 0.717) is 0 Å². The Kier molecular flexibility index (Phi) is 7.85. The van der Waals surface area contributed by atoms with Gasteiger partial charge in [-0.1, -0.05) is 158 Å². The zero-order valence-electron chi connectivity index (χ0n) is 29.7. The zero-order valence-corrected chi connectivity index (χ0v) is 29.7. The zero-order chi connectivity index (χ0) is 35.8. The number of hydrogen-bond donors (Lipinski definition) is 0. The van der Waals surface area contributed by atoms with Crippen LogP contribution in [0.1, 0.15) is 0 Å². The fraction of sp³-hybridized carbons (Fsp3) is 0. The molecule has 2 nitrogen and oxygen atoms in total. The Labute approximate surface area is 315 Å². The smallest absolute Gasteiger partial charge is 0.0561 e. The quantitative estimate of drug-likeness (QED) is 0.162. The highest BCUT2D eigenvalue weighted by atomic mass is 15.1. The van der Waals surface area contributed by atoms with Crippen molar-refractivity contribution in [1.82, 2.24) is 4.57 Å². The number of anilines is 3. The molecule has 1 aromatic heterocycles. The summed E-state index contributed by atoms with van der Waals surface area (Å²) in [6.07, 6.45) is 0. The van der Waals surface area contributed by atoms with Crippen LogP contribution in [0.25, 0.3) is 71.6 Å². The summed E-state index contributed by atoms with van der Waals surface area (Å²) in [6, 6.07) is 79.0. The molecular formula is C52H36N2. The second kappa shape index (κ2) is 13.4. The molecular weight excluding hydrogens is 653 g/mol.